The number of anilines is 1. The summed E-state index contributed by atoms with van der Waals surface area (Å²) < 4.78 is 38.7. The SMILES string of the molecule is FC(F)(F)c1ccc2c(N3CCN4CCCCC4C3)ccnc2c1. The molecule has 0 spiro atoms. The summed E-state index contributed by atoms with van der Waals surface area (Å²) in [5.74, 6) is 0. The minimum atomic E-state index is -4.33. The molecule has 128 valence electrons. The summed E-state index contributed by atoms with van der Waals surface area (Å²) in [5.41, 5.74) is 0.768. The van der Waals surface area contributed by atoms with E-state index >= 15 is 0 Å². The molecule has 0 N–H and O–H groups in total. The lowest BCUT2D eigenvalue weighted by Crippen LogP contribution is -2.54. The topological polar surface area (TPSA) is 19.4 Å². The average Bonchev–Trinajstić information content (AvgIpc) is 2.59. The molecule has 2 aliphatic heterocycles. The molecule has 3 nitrogen and oxygen atoms in total. The van der Waals surface area contributed by atoms with Crippen molar-refractivity contribution in [2.45, 2.75) is 31.5 Å². The van der Waals surface area contributed by atoms with E-state index in [1.807, 2.05) is 6.07 Å². The van der Waals surface area contributed by atoms with Crippen LogP contribution in [0.15, 0.2) is 30.5 Å². The first-order chi connectivity index (χ1) is 11.5. The lowest BCUT2D eigenvalue weighted by molar-refractivity contribution is -0.137. The highest BCUT2D eigenvalue weighted by molar-refractivity contribution is 5.92. The van der Waals surface area contributed by atoms with Crippen LogP contribution >= 0.6 is 0 Å². The molecule has 2 saturated heterocycles. The predicted octanol–water partition coefficient (Wildman–Crippen LogP) is 3.93. The van der Waals surface area contributed by atoms with E-state index in [0.717, 1.165) is 42.8 Å². The van der Waals surface area contributed by atoms with Gasteiger partial charge in [-0.05, 0) is 37.6 Å². The van der Waals surface area contributed by atoms with Crippen LogP contribution in [0.5, 0.6) is 0 Å². The summed E-state index contributed by atoms with van der Waals surface area (Å²) in [7, 11) is 0. The molecule has 0 amide bonds. The number of halogens is 3. The largest absolute Gasteiger partial charge is 0.416 e. The van der Waals surface area contributed by atoms with Crippen molar-refractivity contribution in [3.63, 3.8) is 0 Å². The van der Waals surface area contributed by atoms with Crippen molar-refractivity contribution in [2.24, 2.45) is 0 Å². The van der Waals surface area contributed by atoms with E-state index in [1.54, 1.807) is 12.3 Å². The molecule has 1 atom stereocenters. The van der Waals surface area contributed by atoms with E-state index in [1.165, 1.54) is 25.8 Å². The Morgan fingerprint density at radius 3 is 2.75 bits per heavy atom. The van der Waals surface area contributed by atoms with Gasteiger partial charge in [-0.1, -0.05) is 12.5 Å². The van der Waals surface area contributed by atoms with Crippen molar-refractivity contribution in [3.05, 3.63) is 36.0 Å². The summed E-state index contributed by atoms with van der Waals surface area (Å²) in [4.78, 5) is 9.01. The average molecular weight is 335 g/mol. The quantitative estimate of drug-likeness (QED) is 0.787. The molecule has 2 aliphatic rings. The normalized spacial score (nSPS) is 22.6. The van der Waals surface area contributed by atoms with Crippen LogP contribution in [0.2, 0.25) is 0 Å². The van der Waals surface area contributed by atoms with Crippen LogP contribution < -0.4 is 4.90 Å². The smallest absolute Gasteiger partial charge is 0.368 e. The number of pyridine rings is 1. The molecular weight excluding hydrogens is 315 g/mol. The van der Waals surface area contributed by atoms with E-state index in [4.69, 9.17) is 0 Å². The Balaban J connectivity index is 1.67. The van der Waals surface area contributed by atoms with Crippen LogP contribution in [0.3, 0.4) is 0 Å². The molecule has 1 aromatic heterocycles. The third-order valence-electron chi connectivity index (χ3n) is 5.23. The Kier molecular flexibility index (Phi) is 3.87. The Labute approximate surface area is 139 Å². The number of aromatic nitrogens is 1. The van der Waals surface area contributed by atoms with Crippen molar-refractivity contribution >= 4 is 16.6 Å². The summed E-state index contributed by atoms with van der Waals surface area (Å²) in [6.07, 6.45) is 1.03. The van der Waals surface area contributed by atoms with Crippen LogP contribution in [0.4, 0.5) is 18.9 Å². The molecule has 0 bridgehead atoms. The zero-order chi connectivity index (χ0) is 16.7. The molecule has 0 radical (unpaired) electrons. The van der Waals surface area contributed by atoms with E-state index in [9.17, 15) is 13.2 Å². The second kappa shape index (κ2) is 5.92. The van der Waals surface area contributed by atoms with Gasteiger partial charge in [0.1, 0.15) is 0 Å². The van der Waals surface area contributed by atoms with E-state index in [-0.39, 0.29) is 0 Å². The highest BCUT2D eigenvalue weighted by atomic mass is 19.4. The van der Waals surface area contributed by atoms with Gasteiger partial charge >= 0.3 is 6.18 Å². The van der Waals surface area contributed by atoms with Crippen LogP contribution in [0.1, 0.15) is 24.8 Å². The molecular formula is C18H20F3N3. The molecule has 0 aliphatic carbocycles. The Morgan fingerprint density at radius 2 is 1.92 bits per heavy atom. The minimum Gasteiger partial charge on any atom is -0.368 e. The molecule has 2 aromatic rings. The first-order valence-electron chi connectivity index (χ1n) is 8.47. The van der Waals surface area contributed by atoms with Crippen LogP contribution in [0.25, 0.3) is 10.9 Å². The van der Waals surface area contributed by atoms with Crippen LogP contribution in [0, 0.1) is 0 Å². The standard InChI is InChI=1S/C18H20F3N3/c19-18(20,21)13-4-5-15-16(11-13)22-7-6-17(15)24-10-9-23-8-2-1-3-14(23)12-24/h4-7,11,14H,1-3,8-10,12H2. The number of alkyl halides is 3. The molecule has 24 heavy (non-hydrogen) atoms. The fourth-order valence-electron chi connectivity index (χ4n) is 3.96. The minimum absolute atomic E-state index is 0.411. The number of hydrogen-bond donors (Lipinski definition) is 0. The molecule has 1 unspecified atom stereocenters. The monoisotopic (exact) mass is 335 g/mol. The van der Waals surface area contributed by atoms with Crippen LogP contribution in [-0.2, 0) is 6.18 Å². The molecule has 2 fully saturated rings. The van der Waals surface area contributed by atoms with Gasteiger partial charge < -0.3 is 4.90 Å². The Hall–Kier alpha value is -1.82. The lowest BCUT2D eigenvalue weighted by Gasteiger charge is -2.45. The molecule has 3 heterocycles. The van der Waals surface area contributed by atoms with Crippen molar-refractivity contribution in [3.8, 4) is 0 Å². The number of piperazine rings is 1. The van der Waals surface area contributed by atoms with Crippen molar-refractivity contribution in [1.82, 2.24) is 9.88 Å². The summed E-state index contributed by atoms with van der Waals surface area (Å²) in [6.45, 7) is 4.05. The molecule has 6 heteroatoms. The van der Waals surface area contributed by atoms with E-state index in [0.29, 0.717) is 11.6 Å². The fraction of sp³-hybridized carbons (Fsp3) is 0.500. The third kappa shape index (κ3) is 2.83. The van der Waals surface area contributed by atoms with Gasteiger partial charge in [-0.25, -0.2) is 0 Å². The number of fused-ring (bicyclic) bond motifs is 2. The van der Waals surface area contributed by atoms with Crippen molar-refractivity contribution < 1.29 is 13.2 Å². The zero-order valence-electron chi connectivity index (χ0n) is 13.4. The third-order valence-corrected chi connectivity index (χ3v) is 5.23. The highest BCUT2D eigenvalue weighted by Crippen LogP contribution is 2.34. The van der Waals surface area contributed by atoms with Gasteiger partial charge in [0.25, 0.3) is 0 Å². The lowest BCUT2D eigenvalue weighted by atomic mass is 9.98. The number of hydrogen-bond acceptors (Lipinski definition) is 3. The van der Waals surface area contributed by atoms with Gasteiger partial charge in [0.05, 0.1) is 11.1 Å². The number of piperidine rings is 1. The molecule has 0 saturated carbocycles. The van der Waals surface area contributed by atoms with Crippen molar-refractivity contribution in [1.29, 1.82) is 0 Å². The summed E-state index contributed by atoms with van der Waals surface area (Å²) in [5, 5.41) is 0.801. The summed E-state index contributed by atoms with van der Waals surface area (Å²) >= 11 is 0. The molecule has 1 aromatic carbocycles. The van der Waals surface area contributed by atoms with Gasteiger partial charge in [-0.2, -0.15) is 13.2 Å². The maximum atomic E-state index is 12.9. The first-order valence-corrected chi connectivity index (χ1v) is 8.47. The van der Waals surface area contributed by atoms with Gasteiger partial charge in [0.2, 0.25) is 0 Å². The Morgan fingerprint density at radius 1 is 1.04 bits per heavy atom. The fourth-order valence-corrected chi connectivity index (χ4v) is 3.96. The van der Waals surface area contributed by atoms with Gasteiger partial charge in [0.15, 0.2) is 0 Å². The second-order valence-corrected chi connectivity index (χ2v) is 6.69. The van der Waals surface area contributed by atoms with Crippen molar-refractivity contribution in [2.75, 3.05) is 31.1 Å². The number of rotatable bonds is 1. The van der Waals surface area contributed by atoms with Gasteiger partial charge in [-0.3, -0.25) is 9.88 Å². The molecule has 4 rings (SSSR count). The van der Waals surface area contributed by atoms with E-state index in [2.05, 4.69) is 14.8 Å². The van der Waals surface area contributed by atoms with Gasteiger partial charge in [-0.15, -0.1) is 0 Å². The predicted molar refractivity (Wildman–Crippen MR) is 88.2 cm³/mol. The summed E-state index contributed by atoms with van der Waals surface area (Å²) in [6, 6.07) is 6.35. The Bertz CT molecular complexity index is 744. The van der Waals surface area contributed by atoms with Gasteiger partial charge in [0, 0.05) is 42.9 Å². The van der Waals surface area contributed by atoms with E-state index < -0.39 is 11.7 Å². The maximum absolute atomic E-state index is 12.9. The maximum Gasteiger partial charge on any atom is 0.416 e. The zero-order valence-corrected chi connectivity index (χ0v) is 13.4. The second-order valence-electron chi connectivity index (χ2n) is 6.69. The number of benzene rings is 1. The van der Waals surface area contributed by atoms with Crippen LogP contribution in [-0.4, -0.2) is 42.1 Å². The highest BCUT2D eigenvalue weighted by Gasteiger charge is 2.32. The first kappa shape index (κ1) is 15.7. The number of nitrogens with zero attached hydrogens (tertiary/aromatic N) is 3.